The minimum absolute atomic E-state index is 0.0478. The molecule has 0 aliphatic heterocycles. The summed E-state index contributed by atoms with van der Waals surface area (Å²) in [6.07, 6.45) is 0. The maximum atomic E-state index is 12.3. The zero-order chi connectivity index (χ0) is 19.8. The third kappa shape index (κ3) is 5.89. The number of halogens is 1. The predicted molar refractivity (Wildman–Crippen MR) is 104 cm³/mol. The number of hydrogen-bond acceptors (Lipinski definition) is 4. The second-order valence-corrected chi connectivity index (χ2v) is 6.34. The number of rotatable bonds is 8. The first-order valence-corrected chi connectivity index (χ1v) is 8.79. The van der Waals surface area contributed by atoms with E-state index in [9.17, 15) is 9.59 Å². The van der Waals surface area contributed by atoms with Gasteiger partial charge in [0.05, 0.1) is 20.8 Å². The fourth-order valence-corrected chi connectivity index (χ4v) is 2.73. The van der Waals surface area contributed by atoms with E-state index in [0.29, 0.717) is 23.1 Å². The first kappa shape index (κ1) is 20.6. The van der Waals surface area contributed by atoms with Gasteiger partial charge in [-0.25, -0.2) is 0 Å². The number of carbonyl (C=O) groups is 2. The van der Waals surface area contributed by atoms with Gasteiger partial charge in [0.2, 0.25) is 11.8 Å². The Hall–Kier alpha value is -2.73. The Morgan fingerprint density at radius 3 is 2.41 bits per heavy atom. The zero-order valence-electron chi connectivity index (χ0n) is 15.6. The average molecular weight is 391 g/mol. The average Bonchev–Trinajstić information content (AvgIpc) is 2.67. The summed E-state index contributed by atoms with van der Waals surface area (Å²) in [6, 6.07) is 12.7. The van der Waals surface area contributed by atoms with Gasteiger partial charge in [-0.3, -0.25) is 9.59 Å². The van der Waals surface area contributed by atoms with E-state index in [2.05, 4.69) is 5.32 Å². The maximum absolute atomic E-state index is 12.3. The Morgan fingerprint density at radius 2 is 1.78 bits per heavy atom. The van der Waals surface area contributed by atoms with Crippen LogP contribution in [0.1, 0.15) is 18.1 Å². The molecule has 1 N–H and O–H groups in total. The molecule has 0 fully saturated rings. The molecule has 0 aliphatic rings. The highest BCUT2D eigenvalue weighted by Crippen LogP contribution is 2.27. The van der Waals surface area contributed by atoms with Crippen LogP contribution in [-0.4, -0.2) is 37.5 Å². The molecule has 0 aromatic heterocycles. The van der Waals surface area contributed by atoms with Crippen LogP contribution >= 0.6 is 11.6 Å². The van der Waals surface area contributed by atoms with E-state index < -0.39 is 0 Å². The van der Waals surface area contributed by atoms with E-state index in [1.807, 2.05) is 24.3 Å². The van der Waals surface area contributed by atoms with Crippen molar-refractivity contribution in [1.82, 2.24) is 10.2 Å². The van der Waals surface area contributed by atoms with Crippen LogP contribution in [0.15, 0.2) is 42.5 Å². The summed E-state index contributed by atoms with van der Waals surface area (Å²) in [4.78, 5) is 25.6. The van der Waals surface area contributed by atoms with E-state index in [0.717, 1.165) is 11.1 Å². The highest BCUT2D eigenvalue weighted by Gasteiger charge is 2.15. The molecule has 2 aromatic carbocycles. The highest BCUT2D eigenvalue weighted by molar-refractivity contribution is 6.31. The van der Waals surface area contributed by atoms with Crippen LogP contribution in [0, 0.1) is 0 Å². The Bertz CT molecular complexity index is 810. The standard InChI is InChI=1S/C20H23ClN2O4/c1-14(24)23(12-16-6-4-5-7-17(16)21)13-20(25)22-11-15-8-9-18(26-2)19(10-15)27-3/h4-10H,11-13H2,1-3H3,(H,22,25). The lowest BCUT2D eigenvalue weighted by atomic mass is 10.2. The molecular weight excluding hydrogens is 368 g/mol. The topological polar surface area (TPSA) is 67.9 Å². The number of hydrogen-bond donors (Lipinski definition) is 1. The molecule has 144 valence electrons. The first-order valence-electron chi connectivity index (χ1n) is 8.41. The van der Waals surface area contributed by atoms with Crippen LogP contribution < -0.4 is 14.8 Å². The quantitative estimate of drug-likeness (QED) is 0.752. The van der Waals surface area contributed by atoms with Gasteiger partial charge in [0.15, 0.2) is 11.5 Å². The number of ether oxygens (including phenoxy) is 2. The largest absolute Gasteiger partial charge is 0.493 e. The molecule has 0 radical (unpaired) electrons. The minimum Gasteiger partial charge on any atom is -0.493 e. The summed E-state index contributed by atoms with van der Waals surface area (Å²) in [5.74, 6) is 0.756. The number of nitrogens with one attached hydrogen (secondary N) is 1. The van der Waals surface area contributed by atoms with E-state index in [1.165, 1.54) is 11.8 Å². The molecule has 0 bridgehead atoms. The van der Waals surface area contributed by atoms with E-state index in [4.69, 9.17) is 21.1 Å². The van der Waals surface area contributed by atoms with Gasteiger partial charge in [0, 0.05) is 25.0 Å². The van der Waals surface area contributed by atoms with Gasteiger partial charge in [0.1, 0.15) is 0 Å². The number of amides is 2. The second kappa shape index (κ2) is 9.83. The predicted octanol–water partition coefficient (Wildman–Crippen LogP) is 3.02. The lowest BCUT2D eigenvalue weighted by molar-refractivity contribution is -0.135. The van der Waals surface area contributed by atoms with Crippen molar-refractivity contribution in [3.8, 4) is 11.5 Å². The van der Waals surface area contributed by atoms with Crippen molar-refractivity contribution in [2.24, 2.45) is 0 Å². The molecule has 0 heterocycles. The van der Waals surface area contributed by atoms with Crippen LogP contribution in [0.25, 0.3) is 0 Å². The van der Waals surface area contributed by atoms with Gasteiger partial charge in [-0.15, -0.1) is 0 Å². The van der Waals surface area contributed by atoms with Crippen molar-refractivity contribution in [2.75, 3.05) is 20.8 Å². The monoisotopic (exact) mass is 390 g/mol. The van der Waals surface area contributed by atoms with Crippen LogP contribution in [0.2, 0.25) is 5.02 Å². The normalized spacial score (nSPS) is 10.2. The van der Waals surface area contributed by atoms with Crippen molar-refractivity contribution in [3.63, 3.8) is 0 Å². The molecule has 0 saturated heterocycles. The summed E-state index contributed by atoms with van der Waals surface area (Å²) in [6.45, 7) is 1.97. The third-order valence-corrected chi connectivity index (χ3v) is 4.41. The number of nitrogens with zero attached hydrogens (tertiary/aromatic N) is 1. The van der Waals surface area contributed by atoms with Gasteiger partial charge < -0.3 is 19.7 Å². The second-order valence-electron chi connectivity index (χ2n) is 5.93. The Labute approximate surface area is 164 Å². The maximum Gasteiger partial charge on any atom is 0.239 e. The molecule has 2 amide bonds. The van der Waals surface area contributed by atoms with Gasteiger partial charge in [-0.2, -0.15) is 0 Å². The third-order valence-electron chi connectivity index (χ3n) is 4.04. The number of carbonyl (C=O) groups excluding carboxylic acids is 2. The van der Waals surface area contributed by atoms with Gasteiger partial charge in [-0.05, 0) is 29.3 Å². The molecular formula is C20H23ClN2O4. The molecule has 2 aromatic rings. The van der Waals surface area contributed by atoms with Gasteiger partial charge in [-0.1, -0.05) is 35.9 Å². The molecule has 0 atom stereocenters. The van der Waals surface area contributed by atoms with Crippen molar-refractivity contribution < 1.29 is 19.1 Å². The Morgan fingerprint density at radius 1 is 1.07 bits per heavy atom. The SMILES string of the molecule is COc1ccc(CNC(=O)CN(Cc2ccccc2Cl)C(C)=O)cc1OC. The van der Waals surface area contributed by atoms with Crippen LogP contribution in [0.4, 0.5) is 0 Å². The fourth-order valence-electron chi connectivity index (χ4n) is 2.53. The summed E-state index contributed by atoms with van der Waals surface area (Å²) in [5, 5.41) is 3.38. The fraction of sp³-hybridized carbons (Fsp3) is 0.300. The highest BCUT2D eigenvalue weighted by atomic mass is 35.5. The smallest absolute Gasteiger partial charge is 0.239 e. The number of benzene rings is 2. The van der Waals surface area contributed by atoms with Gasteiger partial charge >= 0.3 is 0 Å². The molecule has 2 rings (SSSR count). The van der Waals surface area contributed by atoms with E-state index in [-0.39, 0.29) is 24.9 Å². The van der Waals surface area contributed by atoms with E-state index in [1.54, 1.807) is 32.4 Å². The molecule has 0 spiro atoms. The summed E-state index contributed by atoms with van der Waals surface area (Å²) in [5.41, 5.74) is 1.66. The van der Waals surface area contributed by atoms with Crippen LogP contribution in [-0.2, 0) is 22.7 Å². The minimum atomic E-state index is -0.257. The molecule has 27 heavy (non-hydrogen) atoms. The lowest BCUT2D eigenvalue weighted by Gasteiger charge is -2.21. The number of methoxy groups -OCH3 is 2. The molecule has 0 aliphatic carbocycles. The van der Waals surface area contributed by atoms with Gasteiger partial charge in [0.25, 0.3) is 0 Å². The summed E-state index contributed by atoms with van der Waals surface area (Å²) < 4.78 is 10.4. The summed E-state index contributed by atoms with van der Waals surface area (Å²) in [7, 11) is 3.12. The van der Waals surface area contributed by atoms with Crippen molar-refractivity contribution >= 4 is 23.4 Å². The van der Waals surface area contributed by atoms with Crippen molar-refractivity contribution in [3.05, 3.63) is 58.6 Å². The molecule has 7 heteroatoms. The Kier molecular flexibility index (Phi) is 7.49. The Balaban J connectivity index is 1.96. The first-order chi connectivity index (χ1) is 12.9. The zero-order valence-corrected chi connectivity index (χ0v) is 16.4. The summed E-state index contributed by atoms with van der Waals surface area (Å²) >= 11 is 6.14. The van der Waals surface area contributed by atoms with Crippen molar-refractivity contribution in [2.45, 2.75) is 20.0 Å². The van der Waals surface area contributed by atoms with E-state index >= 15 is 0 Å². The lowest BCUT2D eigenvalue weighted by Crippen LogP contribution is -2.39. The molecule has 0 saturated carbocycles. The van der Waals surface area contributed by atoms with Crippen LogP contribution in [0.3, 0.4) is 0 Å². The van der Waals surface area contributed by atoms with Crippen LogP contribution in [0.5, 0.6) is 11.5 Å². The molecule has 6 nitrogen and oxygen atoms in total. The van der Waals surface area contributed by atoms with Crippen molar-refractivity contribution in [1.29, 1.82) is 0 Å². The molecule has 0 unspecified atom stereocenters.